The third kappa shape index (κ3) is 1.50. The largest absolute Gasteiger partial charge is 0.297 e. The molecule has 0 aliphatic rings. The molecule has 3 aromatic heterocycles. The standard InChI is InChI=1S/C15H9FN4/c16-12-4-3-11(15-10(12)2-1-5-18-15)13-8-19-14-9-17-6-7-20(13)14/h1-9H. The van der Waals surface area contributed by atoms with E-state index < -0.39 is 0 Å². The van der Waals surface area contributed by atoms with Gasteiger partial charge in [-0.1, -0.05) is 0 Å². The summed E-state index contributed by atoms with van der Waals surface area (Å²) in [6, 6.07) is 6.65. The second-order valence-electron chi connectivity index (χ2n) is 4.44. The molecule has 0 atom stereocenters. The van der Waals surface area contributed by atoms with Gasteiger partial charge in [0.25, 0.3) is 0 Å². The molecular formula is C15H9FN4. The summed E-state index contributed by atoms with van der Waals surface area (Å²) in [6.45, 7) is 0. The van der Waals surface area contributed by atoms with E-state index in [4.69, 9.17) is 0 Å². The number of fused-ring (bicyclic) bond motifs is 2. The van der Waals surface area contributed by atoms with E-state index in [9.17, 15) is 4.39 Å². The molecule has 0 saturated heterocycles. The lowest BCUT2D eigenvalue weighted by atomic mass is 10.1. The van der Waals surface area contributed by atoms with Gasteiger partial charge >= 0.3 is 0 Å². The average molecular weight is 264 g/mol. The summed E-state index contributed by atoms with van der Waals surface area (Å²) in [5.41, 5.74) is 3.09. The predicted octanol–water partition coefficient (Wildman–Crippen LogP) is 3.08. The van der Waals surface area contributed by atoms with E-state index in [0.29, 0.717) is 10.9 Å². The van der Waals surface area contributed by atoms with Gasteiger partial charge in [0.15, 0.2) is 5.65 Å². The van der Waals surface area contributed by atoms with Crippen molar-refractivity contribution in [2.75, 3.05) is 0 Å². The summed E-state index contributed by atoms with van der Waals surface area (Å²) in [6.07, 6.45) is 8.62. The Bertz CT molecular complexity index is 929. The van der Waals surface area contributed by atoms with Crippen LogP contribution in [0.25, 0.3) is 27.8 Å². The van der Waals surface area contributed by atoms with E-state index in [1.165, 1.54) is 6.07 Å². The van der Waals surface area contributed by atoms with Crippen molar-refractivity contribution < 1.29 is 4.39 Å². The molecule has 0 aliphatic heterocycles. The number of pyridine rings is 1. The Labute approximate surface area is 113 Å². The van der Waals surface area contributed by atoms with Crippen molar-refractivity contribution in [3.63, 3.8) is 0 Å². The van der Waals surface area contributed by atoms with Gasteiger partial charge in [0.05, 0.1) is 23.6 Å². The molecule has 0 bridgehead atoms. The summed E-state index contributed by atoms with van der Waals surface area (Å²) in [7, 11) is 0. The summed E-state index contributed by atoms with van der Waals surface area (Å²) in [4.78, 5) is 12.6. The smallest absolute Gasteiger partial charge is 0.155 e. The highest BCUT2D eigenvalue weighted by Crippen LogP contribution is 2.28. The van der Waals surface area contributed by atoms with Crippen molar-refractivity contribution in [3.8, 4) is 11.3 Å². The van der Waals surface area contributed by atoms with Crippen LogP contribution < -0.4 is 0 Å². The molecule has 0 fully saturated rings. The van der Waals surface area contributed by atoms with Gasteiger partial charge in [-0.25, -0.2) is 9.37 Å². The molecule has 5 heteroatoms. The maximum atomic E-state index is 13.8. The van der Waals surface area contributed by atoms with Crippen molar-refractivity contribution in [1.29, 1.82) is 0 Å². The molecule has 96 valence electrons. The first-order valence-electron chi connectivity index (χ1n) is 6.15. The Morgan fingerprint density at radius 3 is 2.90 bits per heavy atom. The van der Waals surface area contributed by atoms with Crippen molar-refractivity contribution in [3.05, 3.63) is 61.1 Å². The van der Waals surface area contributed by atoms with Crippen LogP contribution in [0, 0.1) is 5.82 Å². The number of nitrogens with zero attached hydrogens (tertiary/aromatic N) is 4. The van der Waals surface area contributed by atoms with E-state index in [1.807, 2.05) is 10.6 Å². The van der Waals surface area contributed by atoms with Crippen LogP contribution in [0.1, 0.15) is 0 Å². The highest BCUT2D eigenvalue weighted by molar-refractivity contribution is 5.93. The highest BCUT2D eigenvalue weighted by Gasteiger charge is 2.12. The van der Waals surface area contributed by atoms with Crippen molar-refractivity contribution in [2.45, 2.75) is 0 Å². The molecule has 4 rings (SSSR count). The van der Waals surface area contributed by atoms with Crippen molar-refractivity contribution >= 4 is 16.6 Å². The lowest BCUT2D eigenvalue weighted by Gasteiger charge is -2.06. The fourth-order valence-corrected chi connectivity index (χ4v) is 2.39. The van der Waals surface area contributed by atoms with Gasteiger partial charge in [0.1, 0.15) is 5.82 Å². The summed E-state index contributed by atoms with van der Waals surface area (Å²) >= 11 is 0. The molecule has 0 N–H and O–H groups in total. The maximum absolute atomic E-state index is 13.8. The number of aromatic nitrogens is 4. The average Bonchev–Trinajstić information content (AvgIpc) is 2.92. The molecule has 1 aromatic carbocycles. The van der Waals surface area contributed by atoms with E-state index in [1.54, 1.807) is 43.0 Å². The third-order valence-corrected chi connectivity index (χ3v) is 3.31. The van der Waals surface area contributed by atoms with Gasteiger partial charge in [0, 0.05) is 29.5 Å². The Balaban J connectivity index is 2.10. The predicted molar refractivity (Wildman–Crippen MR) is 73.7 cm³/mol. The van der Waals surface area contributed by atoms with Crippen LogP contribution in [0.2, 0.25) is 0 Å². The van der Waals surface area contributed by atoms with E-state index in [-0.39, 0.29) is 5.82 Å². The van der Waals surface area contributed by atoms with Crippen LogP contribution in [0.3, 0.4) is 0 Å². The first-order chi connectivity index (χ1) is 9.84. The Hall–Kier alpha value is -2.82. The first-order valence-corrected chi connectivity index (χ1v) is 6.15. The zero-order valence-electron chi connectivity index (χ0n) is 10.4. The minimum absolute atomic E-state index is 0.271. The van der Waals surface area contributed by atoms with Crippen LogP contribution in [0.15, 0.2) is 55.2 Å². The zero-order chi connectivity index (χ0) is 13.5. The second kappa shape index (κ2) is 4.09. The minimum Gasteiger partial charge on any atom is -0.297 e. The number of imidazole rings is 1. The van der Waals surface area contributed by atoms with Crippen molar-refractivity contribution in [2.24, 2.45) is 0 Å². The molecule has 4 nitrogen and oxygen atoms in total. The topological polar surface area (TPSA) is 43.1 Å². The van der Waals surface area contributed by atoms with E-state index in [0.717, 1.165) is 16.9 Å². The Kier molecular flexibility index (Phi) is 2.26. The molecular weight excluding hydrogens is 255 g/mol. The zero-order valence-corrected chi connectivity index (χ0v) is 10.4. The SMILES string of the molecule is Fc1ccc(-c2cnc3cnccn23)c2ncccc12. The van der Waals surface area contributed by atoms with E-state index in [2.05, 4.69) is 15.0 Å². The lowest BCUT2D eigenvalue weighted by Crippen LogP contribution is -1.92. The van der Waals surface area contributed by atoms with Crippen LogP contribution in [0.4, 0.5) is 4.39 Å². The second-order valence-corrected chi connectivity index (χ2v) is 4.44. The minimum atomic E-state index is -0.271. The van der Waals surface area contributed by atoms with Crippen molar-refractivity contribution in [1.82, 2.24) is 19.4 Å². The van der Waals surface area contributed by atoms with Gasteiger partial charge in [-0.05, 0) is 24.3 Å². The Morgan fingerprint density at radius 1 is 1.00 bits per heavy atom. The fourth-order valence-electron chi connectivity index (χ4n) is 2.39. The van der Waals surface area contributed by atoms with Gasteiger partial charge in [-0.2, -0.15) is 0 Å². The quantitative estimate of drug-likeness (QED) is 0.530. The van der Waals surface area contributed by atoms with Crippen LogP contribution in [-0.4, -0.2) is 19.4 Å². The molecule has 4 aromatic rings. The highest BCUT2D eigenvalue weighted by atomic mass is 19.1. The maximum Gasteiger partial charge on any atom is 0.155 e. The molecule has 20 heavy (non-hydrogen) atoms. The Morgan fingerprint density at radius 2 is 1.95 bits per heavy atom. The van der Waals surface area contributed by atoms with Gasteiger partial charge in [-0.15, -0.1) is 0 Å². The molecule has 0 spiro atoms. The summed E-state index contributed by atoms with van der Waals surface area (Å²) in [5, 5.41) is 0.508. The summed E-state index contributed by atoms with van der Waals surface area (Å²) < 4.78 is 15.8. The molecule has 0 saturated carbocycles. The monoisotopic (exact) mass is 264 g/mol. The number of hydrogen-bond acceptors (Lipinski definition) is 3. The molecule has 0 radical (unpaired) electrons. The van der Waals surface area contributed by atoms with Gasteiger partial charge in [-0.3, -0.25) is 14.4 Å². The van der Waals surface area contributed by atoms with Crippen LogP contribution in [-0.2, 0) is 0 Å². The third-order valence-electron chi connectivity index (χ3n) is 3.31. The number of hydrogen-bond donors (Lipinski definition) is 0. The molecule has 0 amide bonds. The molecule has 0 aliphatic carbocycles. The molecule has 0 unspecified atom stereocenters. The fraction of sp³-hybridized carbons (Fsp3) is 0. The lowest BCUT2D eigenvalue weighted by molar-refractivity contribution is 0.639. The van der Waals surface area contributed by atoms with E-state index >= 15 is 0 Å². The normalized spacial score (nSPS) is 11.2. The van der Waals surface area contributed by atoms with Gasteiger partial charge in [0.2, 0.25) is 0 Å². The number of rotatable bonds is 1. The first kappa shape index (κ1) is 11.0. The van der Waals surface area contributed by atoms with Gasteiger partial charge < -0.3 is 0 Å². The number of halogens is 1. The summed E-state index contributed by atoms with van der Waals surface area (Å²) in [5.74, 6) is -0.271. The van der Waals surface area contributed by atoms with Crippen LogP contribution in [0.5, 0.6) is 0 Å². The number of benzene rings is 1. The molecule has 3 heterocycles. The van der Waals surface area contributed by atoms with Crippen LogP contribution >= 0.6 is 0 Å².